The van der Waals surface area contributed by atoms with Gasteiger partial charge in [0.25, 0.3) is 0 Å². The van der Waals surface area contributed by atoms with Crippen LogP contribution in [0.4, 0.5) is 0 Å². The van der Waals surface area contributed by atoms with Gasteiger partial charge in [-0.15, -0.1) is 0 Å². The summed E-state index contributed by atoms with van der Waals surface area (Å²) in [5, 5.41) is 3.28. The maximum absolute atomic E-state index is 12.8. The molecule has 3 aliphatic rings. The summed E-state index contributed by atoms with van der Waals surface area (Å²) in [5.74, 6) is 1.60. The van der Waals surface area contributed by atoms with Crippen molar-refractivity contribution in [3.63, 3.8) is 0 Å². The first-order valence-corrected chi connectivity index (χ1v) is 12.8. The number of likely N-dealkylation sites (tertiary alicyclic amines) is 1. The number of carbonyl (C=O) groups excluding carboxylic acids is 2. The molecular weight excluding hydrogens is 416 g/mol. The lowest BCUT2D eigenvalue weighted by molar-refractivity contribution is -0.135. The number of carbonyl (C=O) groups is 2. The number of hydrogen-bond donors (Lipinski definition) is 1. The molecule has 7 nitrogen and oxygen atoms in total. The molecule has 4 rings (SSSR count). The standard InChI is InChI=1S/C26H40N4O3/c1-33-24-9-7-21(8-10-24)19-29-15-17-30(18-16-29)25(31)20-28-13-11-23(12-14-28)27-26(32)22-5-3-2-4-6-22/h7-10,22-23H,2-6,11-20H2,1H3,(H,27,32). The molecule has 2 aliphatic heterocycles. The topological polar surface area (TPSA) is 65.1 Å². The highest BCUT2D eigenvalue weighted by Crippen LogP contribution is 2.24. The Labute approximate surface area is 198 Å². The van der Waals surface area contributed by atoms with E-state index in [1.165, 1.54) is 24.8 Å². The van der Waals surface area contributed by atoms with Crippen LogP contribution >= 0.6 is 0 Å². The third-order valence-electron chi connectivity index (χ3n) is 7.56. The minimum atomic E-state index is 0.224. The minimum absolute atomic E-state index is 0.224. The van der Waals surface area contributed by atoms with Crippen molar-refractivity contribution >= 4 is 11.8 Å². The van der Waals surface area contributed by atoms with Crippen LogP contribution in [0, 0.1) is 5.92 Å². The fraction of sp³-hybridized carbons (Fsp3) is 0.692. The maximum atomic E-state index is 12.8. The summed E-state index contributed by atoms with van der Waals surface area (Å²) in [4.78, 5) is 32.0. The Kier molecular flexibility index (Phi) is 8.62. The number of nitrogens with one attached hydrogen (secondary N) is 1. The van der Waals surface area contributed by atoms with Crippen LogP contribution in [0.25, 0.3) is 0 Å². The highest BCUT2D eigenvalue weighted by molar-refractivity contribution is 5.79. The number of hydrogen-bond acceptors (Lipinski definition) is 5. The first kappa shape index (κ1) is 24.0. The first-order chi connectivity index (χ1) is 16.1. The second-order valence-corrected chi connectivity index (χ2v) is 9.90. The normalized spacial score (nSPS) is 21.7. The average Bonchev–Trinajstić information content (AvgIpc) is 2.86. The molecule has 33 heavy (non-hydrogen) atoms. The van der Waals surface area contributed by atoms with Crippen molar-refractivity contribution in [1.29, 1.82) is 0 Å². The third-order valence-corrected chi connectivity index (χ3v) is 7.56. The molecule has 2 saturated heterocycles. The Bertz CT molecular complexity index is 762. The van der Waals surface area contributed by atoms with Crippen LogP contribution in [0.3, 0.4) is 0 Å². The molecule has 0 bridgehead atoms. The zero-order valence-electron chi connectivity index (χ0n) is 20.1. The van der Waals surface area contributed by atoms with Crippen LogP contribution in [0.2, 0.25) is 0 Å². The number of nitrogens with zero attached hydrogens (tertiary/aromatic N) is 3. The van der Waals surface area contributed by atoms with E-state index in [-0.39, 0.29) is 23.8 Å². The van der Waals surface area contributed by atoms with E-state index in [2.05, 4.69) is 27.2 Å². The van der Waals surface area contributed by atoms with E-state index in [4.69, 9.17) is 4.74 Å². The van der Waals surface area contributed by atoms with Gasteiger partial charge in [-0.25, -0.2) is 0 Å². The van der Waals surface area contributed by atoms with E-state index in [0.29, 0.717) is 6.54 Å². The van der Waals surface area contributed by atoms with Crippen molar-refractivity contribution in [3.05, 3.63) is 29.8 Å². The largest absolute Gasteiger partial charge is 0.497 e. The third kappa shape index (κ3) is 6.93. The number of piperidine rings is 1. The van der Waals surface area contributed by atoms with Crippen LogP contribution in [-0.4, -0.2) is 85.5 Å². The Morgan fingerprint density at radius 2 is 1.55 bits per heavy atom. The van der Waals surface area contributed by atoms with Crippen LogP contribution in [0.1, 0.15) is 50.5 Å². The zero-order valence-corrected chi connectivity index (χ0v) is 20.1. The van der Waals surface area contributed by atoms with Crippen molar-refractivity contribution in [3.8, 4) is 5.75 Å². The van der Waals surface area contributed by atoms with Gasteiger partial charge in [0.2, 0.25) is 11.8 Å². The molecule has 2 heterocycles. The molecule has 1 aromatic carbocycles. The quantitative estimate of drug-likeness (QED) is 0.683. The molecule has 1 saturated carbocycles. The van der Waals surface area contributed by atoms with Gasteiger partial charge >= 0.3 is 0 Å². The average molecular weight is 457 g/mol. The van der Waals surface area contributed by atoms with E-state index in [1.807, 2.05) is 17.0 Å². The Morgan fingerprint density at radius 3 is 2.18 bits per heavy atom. The Balaban J connectivity index is 1.13. The molecule has 2 amide bonds. The van der Waals surface area contributed by atoms with Gasteiger partial charge < -0.3 is 15.0 Å². The summed E-state index contributed by atoms with van der Waals surface area (Å²) in [6.45, 7) is 6.59. The zero-order chi connectivity index (χ0) is 23.0. The van der Waals surface area contributed by atoms with Gasteiger partial charge in [0, 0.05) is 57.8 Å². The molecule has 3 fully saturated rings. The molecule has 182 valence electrons. The number of rotatable bonds is 7. The minimum Gasteiger partial charge on any atom is -0.497 e. The van der Waals surface area contributed by atoms with Gasteiger partial charge in [-0.1, -0.05) is 31.4 Å². The molecule has 7 heteroatoms. The summed E-state index contributed by atoms with van der Waals surface area (Å²) in [7, 11) is 1.68. The maximum Gasteiger partial charge on any atom is 0.236 e. The monoisotopic (exact) mass is 456 g/mol. The van der Waals surface area contributed by atoms with Crippen LogP contribution in [-0.2, 0) is 16.1 Å². The van der Waals surface area contributed by atoms with E-state index in [0.717, 1.165) is 77.2 Å². The summed E-state index contributed by atoms with van der Waals surface area (Å²) >= 11 is 0. The Hall–Kier alpha value is -2.12. The first-order valence-electron chi connectivity index (χ1n) is 12.8. The molecule has 1 N–H and O–H groups in total. The summed E-state index contributed by atoms with van der Waals surface area (Å²) in [5.41, 5.74) is 1.27. The highest BCUT2D eigenvalue weighted by atomic mass is 16.5. The van der Waals surface area contributed by atoms with Crippen LogP contribution < -0.4 is 10.1 Å². The predicted octanol–water partition coefficient (Wildman–Crippen LogP) is 2.50. The van der Waals surface area contributed by atoms with Gasteiger partial charge in [-0.3, -0.25) is 19.4 Å². The van der Waals surface area contributed by atoms with Crippen molar-refractivity contribution in [2.45, 2.75) is 57.5 Å². The van der Waals surface area contributed by atoms with Gasteiger partial charge in [0.1, 0.15) is 5.75 Å². The van der Waals surface area contributed by atoms with Crippen molar-refractivity contribution in [2.75, 3.05) is 52.9 Å². The van der Waals surface area contributed by atoms with Crippen molar-refractivity contribution < 1.29 is 14.3 Å². The van der Waals surface area contributed by atoms with Crippen molar-refractivity contribution in [1.82, 2.24) is 20.0 Å². The van der Waals surface area contributed by atoms with E-state index >= 15 is 0 Å². The molecular formula is C26H40N4O3. The predicted molar refractivity (Wildman–Crippen MR) is 129 cm³/mol. The fourth-order valence-electron chi connectivity index (χ4n) is 5.36. The molecule has 0 spiro atoms. The molecule has 1 aromatic rings. The molecule has 0 atom stereocenters. The number of amides is 2. The fourth-order valence-corrected chi connectivity index (χ4v) is 5.36. The molecule has 0 aromatic heterocycles. The molecule has 1 aliphatic carbocycles. The lowest BCUT2D eigenvalue weighted by Crippen LogP contribution is -2.52. The van der Waals surface area contributed by atoms with Crippen LogP contribution in [0.5, 0.6) is 5.75 Å². The lowest BCUT2D eigenvalue weighted by atomic mass is 9.88. The molecule has 0 unspecified atom stereocenters. The second kappa shape index (κ2) is 11.8. The summed E-state index contributed by atoms with van der Waals surface area (Å²) in [6, 6.07) is 8.49. The van der Waals surface area contributed by atoms with Gasteiger partial charge in [-0.2, -0.15) is 0 Å². The van der Waals surface area contributed by atoms with Crippen molar-refractivity contribution in [2.24, 2.45) is 5.92 Å². The van der Waals surface area contributed by atoms with E-state index in [9.17, 15) is 9.59 Å². The number of methoxy groups -OCH3 is 1. The smallest absolute Gasteiger partial charge is 0.236 e. The van der Waals surface area contributed by atoms with Gasteiger partial charge in [0.15, 0.2) is 0 Å². The summed E-state index contributed by atoms with van der Waals surface area (Å²) < 4.78 is 5.23. The second-order valence-electron chi connectivity index (χ2n) is 9.90. The molecule has 0 radical (unpaired) electrons. The number of benzene rings is 1. The summed E-state index contributed by atoms with van der Waals surface area (Å²) in [6.07, 6.45) is 7.64. The van der Waals surface area contributed by atoms with Gasteiger partial charge in [-0.05, 0) is 43.4 Å². The van der Waals surface area contributed by atoms with E-state index < -0.39 is 0 Å². The Morgan fingerprint density at radius 1 is 0.879 bits per heavy atom. The SMILES string of the molecule is COc1ccc(CN2CCN(C(=O)CN3CCC(NC(=O)C4CCCCC4)CC3)CC2)cc1. The number of ether oxygens (including phenoxy) is 1. The van der Waals surface area contributed by atoms with Crippen LogP contribution in [0.15, 0.2) is 24.3 Å². The number of piperazine rings is 1. The lowest BCUT2D eigenvalue weighted by Gasteiger charge is -2.37. The van der Waals surface area contributed by atoms with E-state index in [1.54, 1.807) is 7.11 Å². The highest BCUT2D eigenvalue weighted by Gasteiger charge is 2.28. The van der Waals surface area contributed by atoms with Gasteiger partial charge in [0.05, 0.1) is 13.7 Å².